The van der Waals surface area contributed by atoms with Gasteiger partial charge in [-0.1, -0.05) is 196 Å². The van der Waals surface area contributed by atoms with Crippen LogP contribution >= 0.6 is 0 Å². The van der Waals surface area contributed by atoms with Crippen molar-refractivity contribution in [3.63, 3.8) is 0 Å². The number of fused-ring (bicyclic) bond motifs is 19. The highest BCUT2D eigenvalue weighted by molar-refractivity contribution is 6.07. The van der Waals surface area contributed by atoms with E-state index in [1.807, 2.05) is 0 Å². The Bertz CT molecular complexity index is 3960. The molecule has 0 saturated heterocycles. The van der Waals surface area contributed by atoms with Crippen molar-refractivity contribution in [2.24, 2.45) is 0 Å². The molecule has 0 bridgehead atoms. The summed E-state index contributed by atoms with van der Waals surface area (Å²) in [6, 6.07) is 88.0. The molecule has 15 rings (SSSR count). The van der Waals surface area contributed by atoms with E-state index in [-0.39, 0.29) is 5.41 Å². The minimum atomic E-state index is -0.500. The van der Waals surface area contributed by atoms with Gasteiger partial charge in [0.2, 0.25) is 0 Å². The van der Waals surface area contributed by atoms with Crippen LogP contribution in [0.4, 0.5) is 17.1 Å². The van der Waals surface area contributed by atoms with E-state index in [0.29, 0.717) is 0 Å². The van der Waals surface area contributed by atoms with E-state index < -0.39 is 5.41 Å². The van der Waals surface area contributed by atoms with Crippen molar-refractivity contribution in [3.8, 4) is 78.3 Å². The van der Waals surface area contributed by atoms with Crippen LogP contribution in [0.3, 0.4) is 0 Å². The molecule has 70 heavy (non-hydrogen) atoms. The number of ether oxygens (including phenoxy) is 1. The average Bonchev–Trinajstić information content (AvgIpc) is 3.92. The van der Waals surface area contributed by atoms with E-state index in [1.54, 1.807) is 0 Å². The van der Waals surface area contributed by atoms with Crippen molar-refractivity contribution < 1.29 is 4.74 Å². The van der Waals surface area contributed by atoms with Crippen LogP contribution in [-0.4, -0.2) is 0 Å². The van der Waals surface area contributed by atoms with Crippen LogP contribution in [0.25, 0.3) is 77.5 Å². The summed E-state index contributed by atoms with van der Waals surface area (Å²) in [5.41, 5.74) is 25.0. The number of nitrogens with zero attached hydrogens (tertiary/aromatic N) is 1. The van der Waals surface area contributed by atoms with Gasteiger partial charge in [0.1, 0.15) is 11.5 Å². The highest BCUT2D eigenvalue weighted by atomic mass is 16.5. The number of hydrogen-bond acceptors (Lipinski definition) is 2. The molecule has 0 radical (unpaired) electrons. The zero-order valence-corrected chi connectivity index (χ0v) is 38.9. The summed E-state index contributed by atoms with van der Waals surface area (Å²) in [6.45, 7) is 4.75. The van der Waals surface area contributed by atoms with Crippen molar-refractivity contribution in [3.05, 3.63) is 270 Å². The van der Waals surface area contributed by atoms with Crippen LogP contribution in [0.15, 0.2) is 237 Å². The normalized spacial score (nSPS) is 14.2. The molecule has 2 nitrogen and oxygen atoms in total. The SMILES string of the molecule is CC1(C)c2ccccc2-c2ccc(N(c3ccc4c(c3)C3(c5ccccc5-c5ccccc53)c3ccccc3-4)c3cccc4c3-c3cc5ccccc5cc3-c3c(cccc3-c3ccccc3)O4)cc21. The zero-order chi connectivity index (χ0) is 46.3. The molecule has 1 spiro atoms. The molecule has 1 heterocycles. The predicted molar refractivity (Wildman–Crippen MR) is 289 cm³/mol. The Labute approximate surface area is 408 Å². The highest BCUT2D eigenvalue weighted by Crippen LogP contribution is 2.64. The third kappa shape index (κ3) is 5.23. The molecule has 4 aliphatic rings. The minimum absolute atomic E-state index is 0.202. The Hall–Kier alpha value is -8.72. The number of anilines is 3. The van der Waals surface area contributed by atoms with Crippen LogP contribution in [0.2, 0.25) is 0 Å². The molecule has 328 valence electrons. The average molecular weight is 892 g/mol. The molecule has 0 N–H and O–H groups in total. The molecule has 11 aromatic carbocycles. The quantitative estimate of drug-likeness (QED) is 0.175. The third-order valence-corrected chi connectivity index (χ3v) is 16.1. The number of hydrogen-bond donors (Lipinski definition) is 0. The van der Waals surface area contributed by atoms with Gasteiger partial charge in [-0.25, -0.2) is 0 Å². The molecule has 0 aromatic heterocycles. The molecule has 0 saturated carbocycles. The van der Waals surface area contributed by atoms with E-state index in [2.05, 4.69) is 255 Å². The van der Waals surface area contributed by atoms with Crippen molar-refractivity contribution in [2.75, 3.05) is 4.90 Å². The van der Waals surface area contributed by atoms with Crippen LogP contribution < -0.4 is 9.64 Å². The van der Waals surface area contributed by atoms with Gasteiger partial charge < -0.3 is 9.64 Å². The minimum Gasteiger partial charge on any atom is -0.456 e. The lowest BCUT2D eigenvalue weighted by molar-refractivity contribution is 0.488. The monoisotopic (exact) mass is 891 g/mol. The van der Waals surface area contributed by atoms with Gasteiger partial charge in [0.05, 0.1) is 11.1 Å². The first-order chi connectivity index (χ1) is 34.5. The summed E-state index contributed by atoms with van der Waals surface area (Å²) < 4.78 is 7.33. The standard InChI is InChI=1S/C68H45NO/c1-67(2)56-27-12-8-22-48(56)52-36-34-45(40-60(52)67)69(46-35-37-53-51-25-11-15-30-59(51)68(61(53)41-46)57-28-13-9-23-49(57)50-24-10-14-29-58(50)68)62-31-17-33-64-66(62)55-39-44-21-7-6-20-43(44)38-54(55)65-47(26-16-32-63(65)70-64)42-18-4-3-5-19-42/h3-41H,1-2H3. The van der Waals surface area contributed by atoms with Crippen LogP contribution in [0, 0.1) is 0 Å². The van der Waals surface area contributed by atoms with Gasteiger partial charge >= 0.3 is 0 Å². The van der Waals surface area contributed by atoms with Crippen molar-refractivity contribution in [1.29, 1.82) is 0 Å². The van der Waals surface area contributed by atoms with Crippen LogP contribution in [0.5, 0.6) is 11.5 Å². The molecule has 3 aliphatic carbocycles. The lowest BCUT2D eigenvalue weighted by atomic mass is 9.70. The number of benzene rings is 11. The van der Waals surface area contributed by atoms with Gasteiger partial charge in [-0.05, 0) is 154 Å². The van der Waals surface area contributed by atoms with Crippen LogP contribution in [-0.2, 0) is 10.8 Å². The van der Waals surface area contributed by atoms with Gasteiger partial charge in [0, 0.05) is 27.9 Å². The Balaban J connectivity index is 1.03. The maximum atomic E-state index is 7.33. The van der Waals surface area contributed by atoms with E-state index in [0.717, 1.165) is 61.9 Å². The smallest absolute Gasteiger partial charge is 0.137 e. The molecule has 0 fully saturated rings. The first-order valence-electron chi connectivity index (χ1n) is 24.5. The maximum Gasteiger partial charge on any atom is 0.137 e. The second-order valence-corrected chi connectivity index (χ2v) is 19.9. The summed E-state index contributed by atoms with van der Waals surface area (Å²) >= 11 is 0. The highest BCUT2D eigenvalue weighted by Gasteiger charge is 2.52. The van der Waals surface area contributed by atoms with E-state index in [9.17, 15) is 0 Å². The van der Waals surface area contributed by atoms with Gasteiger partial charge in [0.25, 0.3) is 0 Å². The molecule has 11 aromatic rings. The summed E-state index contributed by atoms with van der Waals surface area (Å²) in [4.78, 5) is 2.53. The number of rotatable bonds is 4. The molecule has 1 aliphatic heterocycles. The maximum absolute atomic E-state index is 7.33. The second kappa shape index (κ2) is 14.4. The largest absolute Gasteiger partial charge is 0.456 e. The zero-order valence-electron chi connectivity index (χ0n) is 38.9. The van der Waals surface area contributed by atoms with Gasteiger partial charge in [-0.3, -0.25) is 0 Å². The van der Waals surface area contributed by atoms with E-state index in [4.69, 9.17) is 4.74 Å². The summed E-state index contributed by atoms with van der Waals surface area (Å²) in [5.74, 6) is 1.66. The fourth-order valence-electron chi connectivity index (χ4n) is 13.1. The predicted octanol–water partition coefficient (Wildman–Crippen LogP) is 18.1. The van der Waals surface area contributed by atoms with Crippen molar-refractivity contribution >= 4 is 27.8 Å². The summed E-state index contributed by atoms with van der Waals surface area (Å²) in [7, 11) is 0. The molecular weight excluding hydrogens is 847 g/mol. The lowest BCUT2D eigenvalue weighted by Crippen LogP contribution is -2.26. The Morgan fingerprint density at radius 3 is 1.37 bits per heavy atom. The first-order valence-corrected chi connectivity index (χ1v) is 24.5. The molecule has 2 heteroatoms. The summed E-state index contributed by atoms with van der Waals surface area (Å²) in [5, 5.41) is 2.37. The Morgan fingerprint density at radius 2 is 0.757 bits per heavy atom. The topological polar surface area (TPSA) is 12.5 Å². The second-order valence-electron chi connectivity index (χ2n) is 19.9. The fourth-order valence-corrected chi connectivity index (χ4v) is 13.1. The first kappa shape index (κ1) is 39.3. The van der Waals surface area contributed by atoms with Gasteiger partial charge in [-0.2, -0.15) is 0 Å². The van der Waals surface area contributed by atoms with Crippen LogP contribution in [0.1, 0.15) is 47.2 Å². The molecular formula is C68H45NO. The molecule has 0 amide bonds. The lowest BCUT2D eigenvalue weighted by Gasteiger charge is -2.33. The molecule has 0 unspecified atom stereocenters. The van der Waals surface area contributed by atoms with E-state index >= 15 is 0 Å². The van der Waals surface area contributed by atoms with Crippen molar-refractivity contribution in [1.82, 2.24) is 0 Å². The Kier molecular flexibility index (Phi) is 8.08. The fraction of sp³-hybridized carbons (Fsp3) is 0.0588. The third-order valence-electron chi connectivity index (χ3n) is 16.1. The molecule has 0 atom stereocenters. The summed E-state index contributed by atoms with van der Waals surface area (Å²) in [6.07, 6.45) is 0. The van der Waals surface area contributed by atoms with E-state index in [1.165, 1.54) is 77.5 Å². The Morgan fingerprint density at radius 1 is 0.314 bits per heavy atom. The van der Waals surface area contributed by atoms with Crippen molar-refractivity contribution in [2.45, 2.75) is 24.7 Å². The van der Waals surface area contributed by atoms with Gasteiger partial charge in [0.15, 0.2) is 0 Å². The van der Waals surface area contributed by atoms with Gasteiger partial charge in [-0.15, -0.1) is 0 Å².